The molecule has 1 saturated carbocycles. The summed E-state index contributed by atoms with van der Waals surface area (Å²) in [6.07, 6.45) is 5.69. The van der Waals surface area contributed by atoms with Gasteiger partial charge in [-0.2, -0.15) is 0 Å². The average molecular weight is 614 g/mol. The molecule has 0 spiro atoms. The molecule has 0 radical (unpaired) electrons. The van der Waals surface area contributed by atoms with Gasteiger partial charge in [-0.3, -0.25) is 9.59 Å². The van der Waals surface area contributed by atoms with Crippen molar-refractivity contribution in [1.82, 2.24) is 10.2 Å². The van der Waals surface area contributed by atoms with Crippen LogP contribution in [0.3, 0.4) is 0 Å². The van der Waals surface area contributed by atoms with Crippen molar-refractivity contribution in [3.05, 3.63) is 93.4 Å². The summed E-state index contributed by atoms with van der Waals surface area (Å²) in [5.41, 5.74) is 1.83. The zero-order chi connectivity index (χ0) is 27.6. The summed E-state index contributed by atoms with van der Waals surface area (Å²) in [6.45, 7) is -0.0314. The molecule has 0 unspecified atom stereocenters. The van der Waals surface area contributed by atoms with Gasteiger partial charge in [0, 0.05) is 23.5 Å². The van der Waals surface area contributed by atoms with E-state index in [1.165, 1.54) is 6.42 Å². The number of nitrogens with zero attached hydrogens (tertiary/aromatic N) is 1. The van der Waals surface area contributed by atoms with E-state index in [1.807, 2.05) is 54.6 Å². The molecule has 1 fully saturated rings. The lowest BCUT2D eigenvalue weighted by Gasteiger charge is -2.33. The second kappa shape index (κ2) is 14.4. The Morgan fingerprint density at radius 3 is 2.46 bits per heavy atom. The molecule has 39 heavy (non-hydrogen) atoms. The molecular weight excluding hydrogens is 580 g/mol. The molecule has 0 saturated heterocycles. The third-order valence-electron chi connectivity index (χ3n) is 6.95. The summed E-state index contributed by atoms with van der Waals surface area (Å²) in [4.78, 5) is 29.3. The van der Waals surface area contributed by atoms with Crippen molar-refractivity contribution in [2.45, 2.75) is 57.2 Å². The Morgan fingerprint density at radius 1 is 1.00 bits per heavy atom. The maximum Gasteiger partial charge on any atom is 0.261 e. The molecule has 3 aromatic rings. The number of methoxy groups -OCH3 is 1. The van der Waals surface area contributed by atoms with Crippen molar-refractivity contribution in [2.75, 3.05) is 13.7 Å². The van der Waals surface area contributed by atoms with Crippen LogP contribution in [0.4, 0.5) is 0 Å². The van der Waals surface area contributed by atoms with Crippen molar-refractivity contribution in [2.24, 2.45) is 0 Å². The summed E-state index contributed by atoms with van der Waals surface area (Å²) in [7, 11) is 1.60. The van der Waals surface area contributed by atoms with Crippen molar-refractivity contribution >= 4 is 39.3 Å². The quantitative estimate of drug-likeness (QED) is 0.265. The second-order valence-corrected chi connectivity index (χ2v) is 11.1. The molecule has 4 rings (SSSR count). The molecule has 3 aromatic carbocycles. The fourth-order valence-electron chi connectivity index (χ4n) is 4.88. The van der Waals surface area contributed by atoms with Crippen LogP contribution in [0.5, 0.6) is 11.5 Å². The minimum atomic E-state index is -0.725. The van der Waals surface area contributed by atoms with Crippen molar-refractivity contribution in [3.8, 4) is 11.5 Å². The molecule has 8 heteroatoms. The van der Waals surface area contributed by atoms with Gasteiger partial charge < -0.3 is 19.7 Å². The molecule has 1 aliphatic carbocycles. The van der Waals surface area contributed by atoms with E-state index in [4.69, 9.17) is 21.1 Å². The minimum Gasteiger partial charge on any atom is -0.497 e. The van der Waals surface area contributed by atoms with E-state index in [1.54, 1.807) is 30.2 Å². The molecule has 0 aromatic heterocycles. The van der Waals surface area contributed by atoms with E-state index in [2.05, 4.69) is 21.2 Å². The summed E-state index contributed by atoms with van der Waals surface area (Å²) < 4.78 is 12.1. The van der Waals surface area contributed by atoms with Gasteiger partial charge in [-0.25, -0.2) is 0 Å². The highest BCUT2D eigenvalue weighted by molar-refractivity contribution is 9.10. The van der Waals surface area contributed by atoms with Crippen LogP contribution in [0.2, 0.25) is 5.02 Å². The molecule has 1 aliphatic rings. The number of benzene rings is 3. The molecule has 1 N–H and O–H groups in total. The lowest BCUT2D eigenvalue weighted by Crippen LogP contribution is -2.53. The zero-order valence-electron chi connectivity index (χ0n) is 22.1. The first-order valence-electron chi connectivity index (χ1n) is 13.3. The second-order valence-electron chi connectivity index (χ2n) is 9.79. The Balaban J connectivity index is 1.63. The SMILES string of the molecule is COc1cccc(CN(C(=O)COc2ccc(Br)cc2Cl)[C@@H](Cc2ccccc2)C(=O)NC2CCCCC2)c1. The largest absolute Gasteiger partial charge is 0.497 e. The number of hydrogen-bond donors (Lipinski definition) is 1. The van der Waals surface area contributed by atoms with Crippen LogP contribution in [0.1, 0.15) is 43.2 Å². The fourth-order valence-corrected chi connectivity index (χ4v) is 5.61. The zero-order valence-corrected chi connectivity index (χ0v) is 24.4. The van der Waals surface area contributed by atoms with Gasteiger partial charge in [0.05, 0.1) is 12.1 Å². The van der Waals surface area contributed by atoms with Gasteiger partial charge >= 0.3 is 0 Å². The molecule has 206 valence electrons. The lowest BCUT2D eigenvalue weighted by molar-refractivity contribution is -0.143. The Hall–Kier alpha value is -3.03. The fraction of sp³-hybridized carbons (Fsp3) is 0.355. The third-order valence-corrected chi connectivity index (χ3v) is 7.74. The Labute approximate surface area is 243 Å². The predicted molar refractivity (Wildman–Crippen MR) is 157 cm³/mol. The maximum atomic E-state index is 13.8. The van der Waals surface area contributed by atoms with Gasteiger partial charge in [0.15, 0.2) is 6.61 Å². The van der Waals surface area contributed by atoms with E-state index in [-0.39, 0.29) is 31.0 Å². The van der Waals surface area contributed by atoms with Gasteiger partial charge in [0.25, 0.3) is 5.91 Å². The topological polar surface area (TPSA) is 67.9 Å². The Kier molecular flexibility index (Phi) is 10.7. The van der Waals surface area contributed by atoms with Gasteiger partial charge in [-0.1, -0.05) is 89.3 Å². The average Bonchev–Trinajstić information content (AvgIpc) is 2.95. The number of ether oxygens (including phenoxy) is 2. The highest BCUT2D eigenvalue weighted by Crippen LogP contribution is 2.28. The molecule has 2 amide bonds. The first-order valence-corrected chi connectivity index (χ1v) is 14.4. The van der Waals surface area contributed by atoms with Gasteiger partial charge in [-0.05, 0) is 54.3 Å². The number of nitrogens with one attached hydrogen (secondary N) is 1. The van der Waals surface area contributed by atoms with Crippen LogP contribution < -0.4 is 14.8 Å². The first kappa shape index (κ1) is 29.0. The lowest BCUT2D eigenvalue weighted by atomic mass is 9.94. The van der Waals surface area contributed by atoms with Gasteiger partial charge in [-0.15, -0.1) is 0 Å². The monoisotopic (exact) mass is 612 g/mol. The third kappa shape index (κ3) is 8.48. The molecule has 0 aliphatic heterocycles. The van der Waals surface area contributed by atoms with Crippen molar-refractivity contribution in [1.29, 1.82) is 0 Å². The number of halogens is 2. The maximum absolute atomic E-state index is 13.8. The van der Waals surface area contributed by atoms with E-state index >= 15 is 0 Å². The summed E-state index contributed by atoms with van der Waals surface area (Å²) in [5, 5.41) is 3.64. The summed E-state index contributed by atoms with van der Waals surface area (Å²) in [5.74, 6) is 0.630. The standard InChI is InChI=1S/C31H34BrClN2O4/c1-38-26-14-8-11-23(17-26)20-35(30(36)21-39-29-16-15-24(32)19-27(29)33)28(18-22-9-4-2-5-10-22)31(37)34-25-12-6-3-7-13-25/h2,4-5,8-11,14-17,19,25,28H,3,6-7,12-13,18,20-21H2,1H3,(H,34,37)/t28-/m0/s1. The van der Waals surface area contributed by atoms with Crippen LogP contribution in [0.25, 0.3) is 0 Å². The number of carbonyl (C=O) groups is 2. The summed E-state index contributed by atoms with van der Waals surface area (Å²) >= 11 is 9.71. The van der Waals surface area contributed by atoms with Crippen molar-refractivity contribution < 1.29 is 19.1 Å². The molecule has 1 atom stereocenters. The number of rotatable bonds is 11. The van der Waals surface area contributed by atoms with E-state index in [9.17, 15) is 9.59 Å². The minimum absolute atomic E-state index is 0.121. The predicted octanol–water partition coefficient (Wildman–Crippen LogP) is 6.58. The molecule has 0 bridgehead atoms. The molecular formula is C31H34BrClN2O4. The van der Waals surface area contributed by atoms with E-state index in [0.29, 0.717) is 22.9 Å². The van der Waals surface area contributed by atoms with Gasteiger partial charge in [0.1, 0.15) is 17.5 Å². The molecule has 0 heterocycles. The van der Waals surface area contributed by atoms with E-state index in [0.717, 1.165) is 41.3 Å². The Bertz CT molecular complexity index is 1250. The highest BCUT2D eigenvalue weighted by atomic mass is 79.9. The van der Waals surface area contributed by atoms with Crippen LogP contribution >= 0.6 is 27.5 Å². The number of amides is 2. The van der Waals surface area contributed by atoms with Gasteiger partial charge in [0.2, 0.25) is 5.91 Å². The van der Waals surface area contributed by atoms with Crippen LogP contribution in [0.15, 0.2) is 77.3 Å². The normalized spacial score (nSPS) is 14.3. The first-order chi connectivity index (χ1) is 18.9. The molecule has 6 nitrogen and oxygen atoms in total. The Morgan fingerprint density at radius 2 is 1.74 bits per heavy atom. The van der Waals surface area contributed by atoms with E-state index < -0.39 is 6.04 Å². The van der Waals surface area contributed by atoms with Crippen LogP contribution in [-0.2, 0) is 22.6 Å². The van der Waals surface area contributed by atoms with Crippen LogP contribution in [-0.4, -0.2) is 42.5 Å². The van der Waals surface area contributed by atoms with Crippen LogP contribution in [0, 0.1) is 0 Å². The smallest absolute Gasteiger partial charge is 0.261 e. The van der Waals surface area contributed by atoms with Crippen molar-refractivity contribution in [3.63, 3.8) is 0 Å². The number of carbonyl (C=O) groups excluding carboxylic acids is 2. The highest BCUT2D eigenvalue weighted by Gasteiger charge is 2.32. The summed E-state index contributed by atoms with van der Waals surface area (Å²) in [6, 6.07) is 21.9. The number of hydrogen-bond acceptors (Lipinski definition) is 4.